The third-order valence-electron chi connectivity index (χ3n) is 4.45. The fraction of sp³-hybridized carbons (Fsp3) is 0.444. The summed E-state index contributed by atoms with van der Waals surface area (Å²) in [5, 5.41) is 7.25. The lowest BCUT2D eigenvalue weighted by Gasteiger charge is -2.34. The molecule has 2 heterocycles. The number of amides is 2. The molecule has 0 bridgehead atoms. The van der Waals surface area contributed by atoms with Crippen molar-refractivity contribution in [2.24, 2.45) is 0 Å². The molecule has 3 N–H and O–H groups in total. The largest absolute Gasteiger partial charge is 0.361 e. The maximum Gasteiger partial charge on any atom is 0.245 e. The van der Waals surface area contributed by atoms with Crippen LogP contribution < -0.4 is 10.6 Å². The van der Waals surface area contributed by atoms with Crippen molar-refractivity contribution in [2.75, 3.05) is 19.6 Å². The van der Waals surface area contributed by atoms with Gasteiger partial charge in [0.15, 0.2) is 0 Å². The second-order valence-electron chi connectivity index (χ2n) is 6.46. The summed E-state index contributed by atoms with van der Waals surface area (Å²) < 4.78 is 0. The van der Waals surface area contributed by atoms with Crippen molar-refractivity contribution in [3.8, 4) is 0 Å². The molecule has 3 rings (SSSR count). The number of aromatic amines is 1. The molecule has 128 valence electrons. The van der Waals surface area contributed by atoms with Crippen molar-refractivity contribution in [3.05, 3.63) is 36.0 Å². The van der Waals surface area contributed by atoms with Gasteiger partial charge < -0.3 is 20.5 Å². The van der Waals surface area contributed by atoms with Crippen LogP contribution in [-0.4, -0.2) is 53.4 Å². The van der Waals surface area contributed by atoms with Gasteiger partial charge in [-0.15, -0.1) is 0 Å². The fourth-order valence-electron chi connectivity index (χ4n) is 3.32. The summed E-state index contributed by atoms with van der Waals surface area (Å²) >= 11 is 0. The number of hydrogen-bond acceptors (Lipinski definition) is 3. The second kappa shape index (κ2) is 7.05. The Labute approximate surface area is 141 Å². The minimum atomic E-state index is -0.535. The number of rotatable bonds is 4. The number of benzene rings is 1. The molecule has 2 amide bonds. The molecule has 1 unspecified atom stereocenters. The SMILES string of the molecule is CC(=O)NC(Cc1c[nH]c2ccccc12)C(=O)N1CCN[C@H](C)C1. The van der Waals surface area contributed by atoms with Gasteiger partial charge in [-0.1, -0.05) is 18.2 Å². The standard InChI is InChI=1S/C18H24N4O2/c1-12-11-22(8-7-19-12)18(24)17(21-13(2)23)9-14-10-20-16-6-4-3-5-15(14)16/h3-6,10,12,17,19-20H,7-9,11H2,1-2H3,(H,21,23)/t12-,17?/m1/s1. The smallest absolute Gasteiger partial charge is 0.245 e. The molecule has 6 heteroatoms. The van der Waals surface area contributed by atoms with E-state index in [4.69, 9.17) is 0 Å². The van der Waals surface area contributed by atoms with E-state index in [9.17, 15) is 9.59 Å². The predicted molar refractivity (Wildman–Crippen MR) is 93.7 cm³/mol. The van der Waals surface area contributed by atoms with E-state index in [1.54, 1.807) is 0 Å². The van der Waals surface area contributed by atoms with Gasteiger partial charge in [0, 0.05) is 56.1 Å². The highest BCUT2D eigenvalue weighted by molar-refractivity contribution is 5.89. The van der Waals surface area contributed by atoms with Gasteiger partial charge in [0.2, 0.25) is 11.8 Å². The lowest BCUT2D eigenvalue weighted by molar-refractivity contribution is -0.137. The number of nitrogens with zero attached hydrogens (tertiary/aromatic N) is 1. The predicted octanol–water partition coefficient (Wildman–Crippen LogP) is 1.04. The Kier molecular flexibility index (Phi) is 4.85. The minimum Gasteiger partial charge on any atom is -0.361 e. The number of H-pyrrole nitrogens is 1. The van der Waals surface area contributed by atoms with E-state index in [1.807, 2.05) is 35.4 Å². The van der Waals surface area contributed by atoms with Gasteiger partial charge in [0.05, 0.1) is 0 Å². The van der Waals surface area contributed by atoms with Gasteiger partial charge >= 0.3 is 0 Å². The number of aromatic nitrogens is 1. The third kappa shape index (κ3) is 3.59. The molecule has 2 aromatic rings. The second-order valence-corrected chi connectivity index (χ2v) is 6.46. The summed E-state index contributed by atoms with van der Waals surface area (Å²) in [6.07, 6.45) is 2.41. The Balaban J connectivity index is 1.81. The molecule has 0 aliphatic carbocycles. The van der Waals surface area contributed by atoms with Crippen LogP contribution in [0, 0.1) is 0 Å². The average Bonchev–Trinajstić information content (AvgIpc) is 2.96. The maximum atomic E-state index is 12.9. The molecule has 1 aliphatic rings. The van der Waals surface area contributed by atoms with Crippen LogP contribution in [0.1, 0.15) is 19.4 Å². The molecular formula is C18H24N4O2. The molecule has 6 nitrogen and oxygen atoms in total. The number of carbonyl (C=O) groups is 2. The van der Waals surface area contributed by atoms with E-state index in [-0.39, 0.29) is 17.9 Å². The van der Waals surface area contributed by atoms with Crippen LogP contribution in [0.4, 0.5) is 0 Å². The van der Waals surface area contributed by atoms with Gasteiger partial charge in [0.25, 0.3) is 0 Å². The summed E-state index contributed by atoms with van der Waals surface area (Å²) in [4.78, 5) is 29.6. The Morgan fingerprint density at radius 3 is 2.92 bits per heavy atom. The van der Waals surface area contributed by atoms with Crippen molar-refractivity contribution in [1.82, 2.24) is 20.5 Å². The Bertz CT molecular complexity index is 739. The summed E-state index contributed by atoms with van der Waals surface area (Å²) in [6, 6.07) is 7.73. The number of nitrogens with one attached hydrogen (secondary N) is 3. The van der Waals surface area contributed by atoms with E-state index < -0.39 is 6.04 Å². The Hall–Kier alpha value is -2.34. The van der Waals surface area contributed by atoms with Crippen LogP contribution in [0.2, 0.25) is 0 Å². The molecule has 1 saturated heterocycles. The summed E-state index contributed by atoms with van der Waals surface area (Å²) in [5.74, 6) is -0.194. The highest BCUT2D eigenvalue weighted by Gasteiger charge is 2.28. The molecule has 0 radical (unpaired) electrons. The van der Waals surface area contributed by atoms with Crippen LogP contribution >= 0.6 is 0 Å². The van der Waals surface area contributed by atoms with Gasteiger partial charge in [-0.05, 0) is 18.6 Å². The normalized spacial score (nSPS) is 19.2. The molecule has 0 saturated carbocycles. The molecule has 1 aromatic carbocycles. The average molecular weight is 328 g/mol. The summed E-state index contributed by atoms with van der Waals surface area (Å²) in [5.41, 5.74) is 2.08. The number of fused-ring (bicyclic) bond motifs is 1. The molecular weight excluding hydrogens is 304 g/mol. The molecule has 2 atom stereocenters. The third-order valence-corrected chi connectivity index (χ3v) is 4.45. The lowest BCUT2D eigenvalue weighted by Crippen LogP contribution is -2.57. The van der Waals surface area contributed by atoms with Gasteiger partial charge in [-0.3, -0.25) is 9.59 Å². The number of para-hydroxylation sites is 1. The zero-order valence-corrected chi connectivity index (χ0v) is 14.1. The quantitative estimate of drug-likeness (QED) is 0.785. The van der Waals surface area contributed by atoms with Crippen molar-refractivity contribution in [3.63, 3.8) is 0 Å². The summed E-state index contributed by atoms with van der Waals surface area (Å²) in [6.45, 7) is 5.64. The fourth-order valence-corrected chi connectivity index (χ4v) is 3.32. The maximum absolute atomic E-state index is 12.9. The van der Waals surface area contributed by atoms with E-state index in [0.29, 0.717) is 19.5 Å². The van der Waals surface area contributed by atoms with Gasteiger partial charge in [-0.2, -0.15) is 0 Å². The zero-order chi connectivity index (χ0) is 17.1. The monoisotopic (exact) mass is 328 g/mol. The molecule has 1 fully saturated rings. The first-order chi connectivity index (χ1) is 11.5. The highest BCUT2D eigenvalue weighted by atomic mass is 16.2. The molecule has 24 heavy (non-hydrogen) atoms. The van der Waals surface area contributed by atoms with Crippen molar-refractivity contribution in [1.29, 1.82) is 0 Å². The first-order valence-corrected chi connectivity index (χ1v) is 8.39. The Morgan fingerprint density at radius 2 is 2.17 bits per heavy atom. The minimum absolute atomic E-state index is 0.0103. The van der Waals surface area contributed by atoms with Crippen LogP contribution in [-0.2, 0) is 16.0 Å². The van der Waals surface area contributed by atoms with Crippen molar-refractivity contribution >= 4 is 22.7 Å². The Morgan fingerprint density at radius 1 is 1.38 bits per heavy atom. The van der Waals surface area contributed by atoms with E-state index in [1.165, 1.54) is 6.92 Å². The van der Waals surface area contributed by atoms with Crippen molar-refractivity contribution in [2.45, 2.75) is 32.4 Å². The van der Waals surface area contributed by atoms with Gasteiger partial charge in [0.1, 0.15) is 6.04 Å². The van der Waals surface area contributed by atoms with Crippen LogP contribution in [0.5, 0.6) is 0 Å². The van der Waals surface area contributed by atoms with Crippen LogP contribution in [0.3, 0.4) is 0 Å². The van der Waals surface area contributed by atoms with E-state index in [2.05, 4.69) is 22.5 Å². The molecule has 1 aliphatic heterocycles. The van der Waals surface area contributed by atoms with Crippen LogP contribution in [0.15, 0.2) is 30.5 Å². The zero-order valence-electron chi connectivity index (χ0n) is 14.1. The number of hydrogen-bond donors (Lipinski definition) is 3. The first kappa shape index (κ1) is 16.5. The lowest BCUT2D eigenvalue weighted by atomic mass is 10.0. The van der Waals surface area contributed by atoms with E-state index in [0.717, 1.165) is 23.0 Å². The van der Waals surface area contributed by atoms with Gasteiger partial charge in [-0.25, -0.2) is 0 Å². The molecule has 0 spiro atoms. The number of piperazine rings is 1. The molecule has 1 aromatic heterocycles. The van der Waals surface area contributed by atoms with E-state index >= 15 is 0 Å². The number of carbonyl (C=O) groups excluding carboxylic acids is 2. The highest BCUT2D eigenvalue weighted by Crippen LogP contribution is 2.20. The van der Waals surface area contributed by atoms with Crippen LogP contribution in [0.25, 0.3) is 10.9 Å². The summed E-state index contributed by atoms with van der Waals surface area (Å²) in [7, 11) is 0. The topological polar surface area (TPSA) is 77.2 Å². The first-order valence-electron chi connectivity index (χ1n) is 8.39. The van der Waals surface area contributed by atoms with Crippen molar-refractivity contribution < 1.29 is 9.59 Å².